The molecule has 0 heterocycles. The van der Waals surface area contributed by atoms with E-state index in [1.807, 2.05) is 18.2 Å². The van der Waals surface area contributed by atoms with E-state index in [1.165, 1.54) is 12.0 Å². The van der Waals surface area contributed by atoms with Gasteiger partial charge in [0.25, 0.3) is 0 Å². The maximum atomic E-state index is 12.4. The van der Waals surface area contributed by atoms with Crippen molar-refractivity contribution in [2.24, 2.45) is 11.7 Å². The molecule has 0 aliphatic heterocycles. The zero-order valence-electron chi connectivity index (χ0n) is 11.7. The van der Waals surface area contributed by atoms with Gasteiger partial charge >= 0.3 is 0 Å². The highest BCUT2D eigenvalue weighted by Gasteiger charge is 2.27. The highest BCUT2D eigenvalue weighted by molar-refractivity contribution is 5.93. The summed E-state index contributed by atoms with van der Waals surface area (Å²) in [6.45, 7) is 2.10. The molecule has 0 saturated heterocycles. The third kappa shape index (κ3) is 3.57. The molecule has 19 heavy (non-hydrogen) atoms. The van der Waals surface area contributed by atoms with Crippen molar-refractivity contribution in [3.05, 3.63) is 29.8 Å². The molecule has 1 aliphatic carbocycles. The maximum Gasteiger partial charge on any atom is 0.229 e. The number of aryl methyl sites for hydroxylation is 1. The molecule has 0 spiro atoms. The van der Waals surface area contributed by atoms with Crippen molar-refractivity contribution in [2.45, 2.75) is 51.5 Å². The Morgan fingerprint density at radius 2 is 2.00 bits per heavy atom. The molecule has 1 amide bonds. The fraction of sp³-hybridized carbons (Fsp3) is 0.562. The number of nitrogens with two attached hydrogens (primary N) is 1. The molecule has 2 rings (SSSR count). The molecule has 3 nitrogen and oxygen atoms in total. The van der Waals surface area contributed by atoms with Crippen LogP contribution in [-0.2, 0) is 11.2 Å². The summed E-state index contributed by atoms with van der Waals surface area (Å²) < 4.78 is 0. The average molecular weight is 260 g/mol. The van der Waals surface area contributed by atoms with Crippen molar-refractivity contribution in [3.63, 3.8) is 0 Å². The average Bonchev–Trinajstić information content (AvgIpc) is 2.64. The number of amides is 1. The van der Waals surface area contributed by atoms with E-state index in [1.54, 1.807) is 0 Å². The van der Waals surface area contributed by atoms with Gasteiger partial charge in [0.2, 0.25) is 5.91 Å². The first-order valence-corrected chi connectivity index (χ1v) is 7.36. The van der Waals surface area contributed by atoms with Gasteiger partial charge in [0, 0.05) is 11.7 Å². The summed E-state index contributed by atoms with van der Waals surface area (Å²) in [6.07, 6.45) is 6.27. The first-order valence-electron chi connectivity index (χ1n) is 7.36. The Morgan fingerprint density at radius 3 is 2.79 bits per heavy atom. The molecule has 2 unspecified atom stereocenters. The number of benzene rings is 1. The minimum absolute atomic E-state index is 0.0105. The van der Waals surface area contributed by atoms with Gasteiger partial charge in [-0.2, -0.15) is 0 Å². The van der Waals surface area contributed by atoms with E-state index in [4.69, 9.17) is 5.73 Å². The number of hydrogen-bond acceptors (Lipinski definition) is 2. The highest BCUT2D eigenvalue weighted by Crippen LogP contribution is 2.24. The van der Waals surface area contributed by atoms with Gasteiger partial charge in [-0.05, 0) is 30.9 Å². The van der Waals surface area contributed by atoms with Gasteiger partial charge in [-0.3, -0.25) is 4.79 Å². The van der Waals surface area contributed by atoms with Crippen LogP contribution in [0.1, 0.15) is 44.6 Å². The van der Waals surface area contributed by atoms with Crippen LogP contribution in [0.4, 0.5) is 5.69 Å². The van der Waals surface area contributed by atoms with Crippen LogP contribution in [0.15, 0.2) is 24.3 Å². The Hall–Kier alpha value is -1.35. The van der Waals surface area contributed by atoms with E-state index < -0.39 is 0 Å². The second-order valence-corrected chi connectivity index (χ2v) is 5.41. The smallest absolute Gasteiger partial charge is 0.229 e. The van der Waals surface area contributed by atoms with Gasteiger partial charge in [-0.15, -0.1) is 0 Å². The maximum absolute atomic E-state index is 12.4. The Kier molecular flexibility index (Phi) is 4.97. The lowest BCUT2D eigenvalue weighted by Gasteiger charge is -2.21. The van der Waals surface area contributed by atoms with E-state index in [0.717, 1.165) is 37.8 Å². The lowest BCUT2D eigenvalue weighted by atomic mass is 9.94. The number of hydrogen-bond donors (Lipinski definition) is 2. The fourth-order valence-corrected chi connectivity index (χ4v) is 2.84. The van der Waals surface area contributed by atoms with Crippen molar-refractivity contribution in [2.75, 3.05) is 5.32 Å². The van der Waals surface area contributed by atoms with Gasteiger partial charge in [0.1, 0.15) is 0 Å². The molecular weight excluding hydrogens is 236 g/mol. The zero-order valence-corrected chi connectivity index (χ0v) is 11.7. The van der Waals surface area contributed by atoms with Crippen LogP contribution < -0.4 is 11.1 Å². The van der Waals surface area contributed by atoms with E-state index in [-0.39, 0.29) is 17.9 Å². The lowest BCUT2D eigenvalue weighted by molar-refractivity contribution is -0.120. The third-order valence-corrected chi connectivity index (χ3v) is 4.06. The number of nitrogens with one attached hydrogen (secondary N) is 1. The van der Waals surface area contributed by atoms with Gasteiger partial charge in [-0.1, -0.05) is 44.4 Å². The summed E-state index contributed by atoms with van der Waals surface area (Å²) in [6, 6.07) is 8.01. The molecule has 1 aromatic rings. The normalized spacial score (nSPS) is 23.7. The third-order valence-electron chi connectivity index (χ3n) is 4.06. The number of carbonyl (C=O) groups is 1. The van der Waals surface area contributed by atoms with Crippen molar-refractivity contribution in [1.29, 1.82) is 0 Å². The molecule has 3 heteroatoms. The van der Waals surface area contributed by atoms with Gasteiger partial charge in [0.15, 0.2) is 0 Å². The minimum Gasteiger partial charge on any atom is -0.327 e. The minimum atomic E-state index is -0.0348. The first-order chi connectivity index (χ1) is 9.22. The van der Waals surface area contributed by atoms with Crippen molar-refractivity contribution < 1.29 is 4.79 Å². The largest absolute Gasteiger partial charge is 0.327 e. The van der Waals surface area contributed by atoms with Crippen LogP contribution in [0, 0.1) is 5.92 Å². The summed E-state index contributed by atoms with van der Waals surface area (Å²) in [5, 5.41) is 3.07. The quantitative estimate of drug-likeness (QED) is 0.820. The second-order valence-electron chi connectivity index (χ2n) is 5.41. The SMILES string of the molecule is CCc1ccccc1NC(=O)C1CCCCCC1N. The van der Waals surface area contributed by atoms with Gasteiger partial charge in [0.05, 0.1) is 5.92 Å². The molecule has 1 saturated carbocycles. The summed E-state index contributed by atoms with van der Waals surface area (Å²) in [4.78, 5) is 12.4. The molecule has 1 aliphatic rings. The summed E-state index contributed by atoms with van der Waals surface area (Å²) in [7, 11) is 0. The summed E-state index contributed by atoms with van der Waals surface area (Å²) in [5.74, 6) is 0.0581. The monoisotopic (exact) mass is 260 g/mol. The summed E-state index contributed by atoms with van der Waals surface area (Å²) in [5.41, 5.74) is 8.26. The zero-order chi connectivity index (χ0) is 13.7. The van der Waals surface area contributed by atoms with E-state index in [9.17, 15) is 4.79 Å². The first kappa shape index (κ1) is 14.1. The predicted molar refractivity (Wildman–Crippen MR) is 79.0 cm³/mol. The lowest BCUT2D eigenvalue weighted by Crippen LogP contribution is -2.37. The molecular formula is C16H24N2O. The number of para-hydroxylation sites is 1. The van der Waals surface area contributed by atoms with E-state index in [2.05, 4.69) is 18.3 Å². The fourth-order valence-electron chi connectivity index (χ4n) is 2.84. The van der Waals surface area contributed by atoms with Crippen molar-refractivity contribution in [3.8, 4) is 0 Å². The number of rotatable bonds is 3. The molecule has 1 fully saturated rings. The number of carbonyl (C=O) groups excluding carboxylic acids is 1. The summed E-state index contributed by atoms with van der Waals surface area (Å²) >= 11 is 0. The molecule has 3 N–H and O–H groups in total. The Morgan fingerprint density at radius 1 is 1.26 bits per heavy atom. The Bertz CT molecular complexity index is 431. The highest BCUT2D eigenvalue weighted by atomic mass is 16.1. The Balaban J connectivity index is 2.07. The van der Waals surface area contributed by atoms with Crippen LogP contribution in [0.25, 0.3) is 0 Å². The predicted octanol–water partition coefficient (Wildman–Crippen LogP) is 3.10. The van der Waals surface area contributed by atoms with Crippen LogP contribution in [0.2, 0.25) is 0 Å². The second kappa shape index (κ2) is 6.71. The van der Waals surface area contributed by atoms with E-state index >= 15 is 0 Å². The molecule has 0 radical (unpaired) electrons. The molecule has 0 bridgehead atoms. The standard InChI is InChI=1S/C16H24N2O/c1-2-12-8-6-7-11-15(12)18-16(19)13-9-4-3-5-10-14(13)17/h6-8,11,13-14H,2-5,9-10,17H2,1H3,(H,18,19). The van der Waals surface area contributed by atoms with Crippen molar-refractivity contribution in [1.82, 2.24) is 0 Å². The van der Waals surface area contributed by atoms with Crippen LogP contribution in [0.5, 0.6) is 0 Å². The van der Waals surface area contributed by atoms with Crippen LogP contribution >= 0.6 is 0 Å². The van der Waals surface area contributed by atoms with Crippen molar-refractivity contribution >= 4 is 11.6 Å². The molecule has 104 valence electrons. The molecule has 1 aromatic carbocycles. The van der Waals surface area contributed by atoms with Gasteiger partial charge in [-0.25, -0.2) is 0 Å². The Labute approximate surface area is 115 Å². The topological polar surface area (TPSA) is 55.1 Å². The van der Waals surface area contributed by atoms with Crippen LogP contribution in [0.3, 0.4) is 0 Å². The number of anilines is 1. The molecule has 2 atom stereocenters. The van der Waals surface area contributed by atoms with Gasteiger partial charge < -0.3 is 11.1 Å². The molecule has 0 aromatic heterocycles. The van der Waals surface area contributed by atoms with E-state index in [0.29, 0.717) is 0 Å². The van der Waals surface area contributed by atoms with Crippen LogP contribution in [-0.4, -0.2) is 11.9 Å².